The zero-order valence-corrected chi connectivity index (χ0v) is 17.2. The fraction of sp³-hybridized carbons (Fsp3) is 0.812. The van der Waals surface area contributed by atoms with E-state index >= 15 is 0 Å². The summed E-state index contributed by atoms with van der Waals surface area (Å²) in [5.41, 5.74) is -0.533. The molecule has 0 aromatic carbocycles. The quantitative estimate of drug-likeness (QED) is 0.426. The summed E-state index contributed by atoms with van der Waals surface area (Å²) in [6, 6.07) is -0.273. The highest BCUT2D eigenvalue weighted by Crippen LogP contribution is 2.37. The van der Waals surface area contributed by atoms with E-state index in [1.54, 1.807) is 6.08 Å². The first-order valence-corrected chi connectivity index (χ1v) is 11.2. The van der Waals surface area contributed by atoms with Crippen molar-refractivity contribution in [1.29, 1.82) is 0 Å². The Morgan fingerprint density at radius 3 is 2.09 bits per heavy atom. The minimum absolute atomic E-state index is 0.0846. The average Bonchev–Trinajstić information content (AvgIpc) is 2.29. The average molecular weight is 348 g/mol. The van der Waals surface area contributed by atoms with Gasteiger partial charge in [0.15, 0.2) is 8.32 Å². The number of thiol groups is 1. The van der Waals surface area contributed by atoms with Gasteiger partial charge in [0.2, 0.25) is 0 Å². The van der Waals surface area contributed by atoms with Gasteiger partial charge in [0, 0.05) is 5.75 Å². The molecule has 130 valence electrons. The lowest BCUT2D eigenvalue weighted by Crippen LogP contribution is -2.52. The Morgan fingerprint density at radius 1 is 1.27 bits per heavy atom. The van der Waals surface area contributed by atoms with Crippen LogP contribution in [0.15, 0.2) is 12.7 Å². The van der Waals surface area contributed by atoms with E-state index in [1.807, 2.05) is 20.8 Å². The van der Waals surface area contributed by atoms with Crippen molar-refractivity contribution in [2.45, 2.75) is 77.4 Å². The molecule has 0 radical (unpaired) electrons. The van der Waals surface area contributed by atoms with E-state index in [-0.39, 0.29) is 17.2 Å². The van der Waals surface area contributed by atoms with Crippen molar-refractivity contribution in [3.63, 3.8) is 0 Å². The first-order chi connectivity index (χ1) is 9.73. The Morgan fingerprint density at radius 2 is 1.77 bits per heavy atom. The van der Waals surface area contributed by atoms with E-state index in [0.29, 0.717) is 5.75 Å². The van der Waals surface area contributed by atoms with Gasteiger partial charge >= 0.3 is 6.09 Å². The second kappa shape index (κ2) is 7.88. The molecule has 0 bridgehead atoms. The molecular formula is C16H33NO3SSi. The van der Waals surface area contributed by atoms with E-state index < -0.39 is 20.0 Å². The maximum Gasteiger partial charge on any atom is 0.408 e. The number of rotatable bonds is 6. The van der Waals surface area contributed by atoms with Gasteiger partial charge in [0.1, 0.15) is 5.60 Å². The number of nitrogens with one attached hydrogen (secondary N) is 1. The lowest BCUT2D eigenvalue weighted by molar-refractivity contribution is 0.0472. The maximum atomic E-state index is 12.0. The topological polar surface area (TPSA) is 47.6 Å². The Labute approximate surface area is 142 Å². The molecular weight excluding hydrogens is 314 g/mol. The van der Waals surface area contributed by atoms with E-state index in [2.05, 4.69) is 58.4 Å². The van der Waals surface area contributed by atoms with Crippen molar-refractivity contribution in [3.05, 3.63) is 12.7 Å². The largest absolute Gasteiger partial charge is 0.444 e. The number of hydrogen-bond acceptors (Lipinski definition) is 4. The third-order valence-electron chi connectivity index (χ3n) is 3.76. The van der Waals surface area contributed by atoms with E-state index in [0.717, 1.165) is 0 Å². The Bertz CT molecular complexity index is 386. The molecule has 0 aliphatic heterocycles. The van der Waals surface area contributed by atoms with Crippen LogP contribution in [0.4, 0.5) is 4.79 Å². The van der Waals surface area contributed by atoms with Crippen LogP contribution in [0.25, 0.3) is 0 Å². The van der Waals surface area contributed by atoms with Crippen molar-refractivity contribution in [2.24, 2.45) is 0 Å². The van der Waals surface area contributed by atoms with Crippen LogP contribution in [0, 0.1) is 0 Å². The predicted molar refractivity (Wildman–Crippen MR) is 99.3 cm³/mol. The number of carbonyl (C=O) groups excluding carboxylic acids is 1. The molecule has 1 N–H and O–H groups in total. The lowest BCUT2D eigenvalue weighted by atomic mass is 10.2. The second-order valence-corrected chi connectivity index (χ2v) is 13.1. The van der Waals surface area contributed by atoms with Gasteiger partial charge in [-0.05, 0) is 38.9 Å². The molecule has 0 unspecified atom stereocenters. The summed E-state index contributed by atoms with van der Waals surface area (Å²) in [4.78, 5) is 12.0. The fourth-order valence-corrected chi connectivity index (χ4v) is 3.10. The van der Waals surface area contributed by atoms with E-state index in [9.17, 15) is 4.79 Å². The number of ether oxygens (including phenoxy) is 1. The van der Waals surface area contributed by atoms with Crippen LogP contribution in [0.5, 0.6) is 0 Å². The highest BCUT2D eigenvalue weighted by atomic mass is 32.1. The van der Waals surface area contributed by atoms with Gasteiger partial charge in [-0.25, -0.2) is 4.79 Å². The van der Waals surface area contributed by atoms with E-state index in [1.165, 1.54) is 0 Å². The van der Waals surface area contributed by atoms with Gasteiger partial charge in [-0.15, -0.1) is 6.58 Å². The van der Waals surface area contributed by atoms with Gasteiger partial charge in [0.05, 0.1) is 12.1 Å². The summed E-state index contributed by atoms with van der Waals surface area (Å²) < 4.78 is 11.6. The SMILES string of the molecule is C=C[C@@H](O[Si](C)(C)C(C)(C)C)[C@@H](CS)NC(=O)OC(C)(C)C. The molecule has 0 rings (SSSR count). The van der Waals surface area contributed by atoms with Crippen LogP contribution in [-0.2, 0) is 9.16 Å². The number of amides is 1. The fourth-order valence-electron chi connectivity index (χ4n) is 1.50. The van der Waals surface area contributed by atoms with Crippen LogP contribution in [0.1, 0.15) is 41.5 Å². The molecule has 0 aromatic rings. The molecule has 0 aliphatic carbocycles. The van der Waals surface area contributed by atoms with Crippen molar-refractivity contribution < 1.29 is 14.0 Å². The molecule has 0 aliphatic rings. The first-order valence-electron chi connectivity index (χ1n) is 7.64. The second-order valence-electron chi connectivity index (χ2n) is 8.01. The standard InChI is InChI=1S/C16H33NO3SSi/c1-10-13(20-22(8,9)16(5,6)7)12(11-21)17-14(18)19-15(2,3)4/h10,12-13,21H,1,11H2,2-9H3,(H,17,18)/t12-,13-/m1/s1. The summed E-state index contributed by atoms with van der Waals surface area (Å²) in [6.45, 7) is 20.2. The minimum Gasteiger partial charge on any atom is -0.444 e. The monoisotopic (exact) mass is 347 g/mol. The lowest BCUT2D eigenvalue weighted by Gasteiger charge is -2.40. The molecule has 0 aromatic heterocycles. The zero-order chi connectivity index (χ0) is 17.8. The first kappa shape index (κ1) is 21.5. The molecule has 1 amide bonds. The smallest absolute Gasteiger partial charge is 0.408 e. The Kier molecular flexibility index (Phi) is 7.72. The van der Waals surface area contributed by atoms with Crippen LogP contribution < -0.4 is 5.32 Å². The Hall–Kier alpha value is -0.463. The van der Waals surface area contributed by atoms with Crippen molar-refractivity contribution in [3.8, 4) is 0 Å². The van der Waals surface area contributed by atoms with Gasteiger partial charge in [-0.2, -0.15) is 12.6 Å². The molecule has 0 heterocycles. The molecule has 22 heavy (non-hydrogen) atoms. The predicted octanol–water partition coefficient (Wildman–Crippen LogP) is 4.39. The molecule has 6 heteroatoms. The molecule has 2 atom stereocenters. The number of alkyl carbamates (subject to hydrolysis) is 1. The summed E-state index contributed by atoms with van der Waals surface area (Å²) in [7, 11) is -1.96. The van der Waals surface area contributed by atoms with E-state index in [4.69, 9.17) is 9.16 Å². The van der Waals surface area contributed by atoms with Crippen LogP contribution in [-0.4, -0.2) is 37.9 Å². The van der Waals surface area contributed by atoms with Crippen LogP contribution >= 0.6 is 12.6 Å². The summed E-state index contributed by atoms with van der Waals surface area (Å²) in [5, 5.41) is 2.92. The third-order valence-corrected chi connectivity index (χ3v) is 8.63. The van der Waals surface area contributed by atoms with Crippen molar-refractivity contribution in [1.82, 2.24) is 5.32 Å². The molecule has 0 saturated heterocycles. The van der Waals surface area contributed by atoms with Crippen LogP contribution in [0.3, 0.4) is 0 Å². The molecule has 4 nitrogen and oxygen atoms in total. The zero-order valence-electron chi connectivity index (χ0n) is 15.3. The van der Waals surface area contributed by atoms with Gasteiger partial charge in [-0.3, -0.25) is 0 Å². The highest BCUT2D eigenvalue weighted by molar-refractivity contribution is 7.80. The van der Waals surface area contributed by atoms with Gasteiger partial charge in [0.25, 0.3) is 0 Å². The minimum atomic E-state index is -1.96. The van der Waals surface area contributed by atoms with Gasteiger partial charge < -0.3 is 14.5 Å². The maximum absolute atomic E-state index is 12.0. The third kappa shape index (κ3) is 7.20. The summed E-state index contributed by atoms with van der Waals surface area (Å²) in [5.74, 6) is 0.449. The summed E-state index contributed by atoms with van der Waals surface area (Å²) in [6.07, 6.45) is 0.988. The normalized spacial score (nSPS) is 15.9. The molecule has 0 fully saturated rings. The highest BCUT2D eigenvalue weighted by Gasteiger charge is 2.40. The van der Waals surface area contributed by atoms with Crippen LogP contribution in [0.2, 0.25) is 18.1 Å². The molecule has 0 spiro atoms. The summed E-state index contributed by atoms with van der Waals surface area (Å²) >= 11 is 4.33. The number of hydrogen-bond donors (Lipinski definition) is 2. The van der Waals surface area contributed by atoms with Crippen molar-refractivity contribution >= 4 is 27.0 Å². The number of carbonyl (C=O) groups is 1. The Balaban J connectivity index is 4.96. The van der Waals surface area contributed by atoms with Gasteiger partial charge in [-0.1, -0.05) is 26.8 Å². The van der Waals surface area contributed by atoms with Crippen molar-refractivity contribution in [2.75, 3.05) is 5.75 Å². The molecule has 0 saturated carbocycles.